The van der Waals surface area contributed by atoms with Gasteiger partial charge in [0.25, 0.3) is 0 Å². The monoisotopic (exact) mass is 219 g/mol. The van der Waals surface area contributed by atoms with Crippen molar-refractivity contribution in [1.29, 1.82) is 5.26 Å². The maximum Gasteiger partial charge on any atom is 0.132 e. The molecule has 0 saturated carbocycles. The third-order valence-electron chi connectivity index (χ3n) is 2.24. The normalized spacial score (nSPS) is 8.88. The third-order valence-corrected chi connectivity index (χ3v) is 2.24. The SMILES string of the molecule is N#Cc1ccc(C#Cc2ccccc2)c(O)c1. The van der Waals surface area contributed by atoms with Crippen LogP contribution in [0.4, 0.5) is 0 Å². The zero-order valence-electron chi connectivity index (χ0n) is 9.01. The number of rotatable bonds is 0. The van der Waals surface area contributed by atoms with Crippen molar-refractivity contribution in [3.05, 3.63) is 65.2 Å². The molecule has 80 valence electrons. The Morgan fingerprint density at radius 2 is 1.65 bits per heavy atom. The van der Waals surface area contributed by atoms with Gasteiger partial charge in [-0.3, -0.25) is 0 Å². The first-order valence-corrected chi connectivity index (χ1v) is 5.10. The minimum atomic E-state index is 0.0347. The van der Waals surface area contributed by atoms with Gasteiger partial charge in [-0.15, -0.1) is 0 Å². The summed E-state index contributed by atoms with van der Waals surface area (Å²) in [4.78, 5) is 0. The molecule has 0 bridgehead atoms. The first kappa shape index (κ1) is 10.8. The molecule has 2 rings (SSSR count). The van der Waals surface area contributed by atoms with Gasteiger partial charge in [0, 0.05) is 5.56 Å². The molecule has 0 saturated heterocycles. The lowest BCUT2D eigenvalue weighted by molar-refractivity contribution is 0.473. The van der Waals surface area contributed by atoms with E-state index < -0.39 is 0 Å². The van der Waals surface area contributed by atoms with E-state index in [2.05, 4.69) is 11.8 Å². The summed E-state index contributed by atoms with van der Waals surface area (Å²) in [6.45, 7) is 0. The van der Waals surface area contributed by atoms with E-state index in [9.17, 15) is 5.11 Å². The molecule has 0 fully saturated rings. The van der Waals surface area contributed by atoms with Gasteiger partial charge in [-0.1, -0.05) is 30.0 Å². The highest BCUT2D eigenvalue weighted by molar-refractivity contribution is 5.52. The molecule has 17 heavy (non-hydrogen) atoms. The van der Waals surface area contributed by atoms with Gasteiger partial charge in [-0.25, -0.2) is 0 Å². The van der Waals surface area contributed by atoms with Crippen LogP contribution in [0.3, 0.4) is 0 Å². The minimum Gasteiger partial charge on any atom is -0.507 e. The Labute approximate surface area is 99.8 Å². The molecule has 2 aromatic carbocycles. The van der Waals surface area contributed by atoms with Crippen LogP contribution in [0.15, 0.2) is 48.5 Å². The molecule has 0 radical (unpaired) electrons. The molecule has 0 atom stereocenters. The van der Waals surface area contributed by atoms with Gasteiger partial charge in [-0.2, -0.15) is 5.26 Å². The van der Waals surface area contributed by atoms with Crippen LogP contribution in [0, 0.1) is 23.2 Å². The highest BCUT2D eigenvalue weighted by atomic mass is 16.3. The zero-order chi connectivity index (χ0) is 12.1. The fourth-order valence-corrected chi connectivity index (χ4v) is 1.37. The Balaban J connectivity index is 2.32. The molecule has 2 aromatic rings. The summed E-state index contributed by atoms with van der Waals surface area (Å²) in [7, 11) is 0. The Morgan fingerprint density at radius 1 is 0.882 bits per heavy atom. The second kappa shape index (κ2) is 4.88. The highest BCUT2D eigenvalue weighted by Crippen LogP contribution is 2.17. The van der Waals surface area contributed by atoms with Crippen LogP contribution in [0.5, 0.6) is 5.75 Å². The number of phenols is 1. The molecule has 0 heterocycles. The van der Waals surface area contributed by atoms with Crippen LogP contribution in [-0.2, 0) is 0 Å². The van der Waals surface area contributed by atoms with Crippen molar-refractivity contribution in [3.8, 4) is 23.7 Å². The lowest BCUT2D eigenvalue weighted by atomic mass is 10.1. The second-order valence-electron chi connectivity index (χ2n) is 3.46. The van der Waals surface area contributed by atoms with Crippen molar-refractivity contribution in [2.75, 3.05) is 0 Å². The van der Waals surface area contributed by atoms with Crippen LogP contribution in [0.25, 0.3) is 0 Å². The fourth-order valence-electron chi connectivity index (χ4n) is 1.37. The van der Waals surface area contributed by atoms with Crippen molar-refractivity contribution >= 4 is 0 Å². The van der Waals surface area contributed by atoms with Crippen LogP contribution >= 0.6 is 0 Å². The molecular weight excluding hydrogens is 210 g/mol. The number of hydrogen-bond donors (Lipinski definition) is 1. The molecule has 1 N–H and O–H groups in total. The smallest absolute Gasteiger partial charge is 0.132 e. The predicted molar refractivity (Wildman–Crippen MR) is 65.2 cm³/mol. The summed E-state index contributed by atoms with van der Waals surface area (Å²) in [5.74, 6) is 5.85. The van der Waals surface area contributed by atoms with E-state index in [0.29, 0.717) is 11.1 Å². The van der Waals surface area contributed by atoms with Gasteiger partial charge in [-0.05, 0) is 30.3 Å². The lowest BCUT2D eigenvalue weighted by Crippen LogP contribution is -1.80. The molecular formula is C15H9NO. The number of nitrogens with zero attached hydrogens (tertiary/aromatic N) is 1. The fraction of sp³-hybridized carbons (Fsp3) is 0. The molecule has 0 aliphatic carbocycles. The second-order valence-corrected chi connectivity index (χ2v) is 3.46. The van der Waals surface area contributed by atoms with E-state index in [1.165, 1.54) is 6.07 Å². The Kier molecular flexibility index (Phi) is 3.10. The summed E-state index contributed by atoms with van der Waals surface area (Å²) in [5.41, 5.74) is 1.83. The first-order valence-electron chi connectivity index (χ1n) is 5.10. The van der Waals surface area contributed by atoms with Gasteiger partial charge in [0.2, 0.25) is 0 Å². The zero-order valence-corrected chi connectivity index (χ0v) is 9.01. The number of benzene rings is 2. The standard InChI is InChI=1S/C15H9NO/c16-11-13-7-9-14(15(17)10-13)8-6-12-4-2-1-3-5-12/h1-5,7,9-10,17H. The van der Waals surface area contributed by atoms with Crippen molar-refractivity contribution in [3.63, 3.8) is 0 Å². The molecule has 0 aliphatic rings. The summed E-state index contributed by atoms with van der Waals surface area (Å²) < 4.78 is 0. The van der Waals surface area contributed by atoms with Crippen LogP contribution in [0.2, 0.25) is 0 Å². The molecule has 0 amide bonds. The van der Waals surface area contributed by atoms with Crippen LogP contribution < -0.4 is 0 Å². The third kappa shape index (κ3) is 2.65. The number of aromatic hydroxyl groups is 1. The van der Waals surface area contributed by atoms with E-state index in [1.54, 1.807) is 12.1 Å². The number of phenolic OH excluding ortho intramolecular Hbond substituents is 1. The molecule has 2 nitrogen and oxygen atoms in total. The highest BCUT2D eigenvalue weighted by Gasteiger charge is 1.98. The van der Waals surface area contributed by atoms with E-state index in [0.717, 1.165) is 5.56 Å². The maximum atomic E-state index is 9.65. The van der Waals surface area contributed by atoms with Crippen LogP contribution in [-0.4, -0.2) is 5.11 Å². The topological polar surface area (TPSA) is 44.0 Å². The van der Waals surface area contributed by atoms with Gasteiger partial charge in [0.1, 0.15) is 5.75 Å². The van der Waals surface area contributed by atoms with E-state index in [4.69, 9.17) is 5.26 Å². The van der Waals surface area contributed by atoms with E-state index in [1.807, 2.05) is 36.4 Å². The molecule has 0 aromatic heterocycles. The van der Waals surface area contributed by atoms with Gasteiger partial charge < -0.3 is 5.11 Å². The molecule has 2 heteroatoms. The summed E-state index contributed by atoms with van der Waals surface area (Å²) in [6.07, 6.45) is 0. The van der Waals surface area contributed by atoms with Gasteiger partial charge in [0.05, 0.1) is 17.2 Å². The number of nitriles is 1. The van der Waals surface area contributed by atoms with E-state index >= 15 is 0 Å². The van der Waals surface area contributed by atoms with Crippen molar-refractivity contribution in [2.45, 2.75) is 0 Å². The van der Waals surface area contributed by atoms with E-state index in [-0.39, 0.29) is 5.75 Å². The van der Waals surface area contributed by atoms with Gasteiger partial charge in [0.15, 0.2) is 0 Å². The average molecular weight is 219 g/mol. The quantitative estimate of drug-likeness (QED) is 0.692. The maximum absolute atomic E-state index is 9.65. The lowest BCUT2D eigenvalue weighted by Gasteiger charge is -1.96. The predicted octanol–water partition coefficient (Wildman–Crippen LogP) is 2.66. The van der Waals surface area contributed by atoms with Crippen molar-refractivity contribution < 1.29 is 5.11 Å². The van der Waals surface area contributed by atoms with Crippen molar-refractivity contribution in [2.24, 2.45) is 0 Å². The summed E-state index contributed by atoms with van der Waals surface area (Å²) in [6, 6.07) is 16.2. The molecule has 0 unspecified atom stereocenters. The Morgan fingerprint density at radius 3 is 2.29 bits per heavy atom. The molecule has 0 spiro atoms. The minimum absolute atomic E-state index is 0.0347. The number of hydrogen-bond acceptors (Lipinski definition) is 2. The summed E-state index contributed by atoms with van der Waals surface area (Å²) in [5, 5.41) is 18.3. The molecule has 0 aliphatic heterocycles. The largest absolute Gasteiger partial charge is 0.507 e. The van der Waals surface area contributed by atoms with Crippen LogP contribution in [0.1, 0.15) is 16.7 Å². The first-order chi connectivity index (χ1) is 8.29. The van der Waals surface area contributed by atoms with Gasteiger partial charge >= 0.3 is 0 Å². The average Bonchev–Trinajstić information content (AvgIpc) is 2.38. The Bertz CT molecular complexity index is 627. The van der Waals surface area contributed by atoms with Crippen molar-refractivity contribution in [1.82, 2.24) is 0 Å². The summed E-state index contributed by atoms with van der Waals surface area (Å²) >= 11 is 0. The Hall–Kier alpha value is -2.71.